The molecule has 0 aliphatic heterocycles. The van der Waals surface area contributed by atoms with Crippen molar-refractivity contribution < 1.29 is 4.39 Å². The second kappa shape index (κ2) is 3.39. The highest BCUT2D eigenvalue weighted by molar-refractivity contribution is 5.85. The van der Waals surface area contributed by atoms with Crippen LogP contribution >= 0.6 is 0 Å². The summed E-state index contributed by atoms with van der Waals surface area (Å²) in [6.45, 7) is 1.94. The highest BCUT2D eigenvalue weighted by Crippen LogP contribution is 2.24. The topological polar surface area (TPSA) is 28.7 Å². The largest absolute Gasteiger partial charge is 0.348 e. The first-order valence-electron chi connectivity index (χ1n) is 4.74. The van der Waals surface area contributed by atoms with E-state index in [9.17, 15) is 4.39 Å². The molecule has 0 unspecified atom stereocenters. The molecule has 15 heavy (non-hydrogen) atoms. The van der Waals surface area contributed by atoms with E-state index in [-0.39, 0.29) is 12.2 Å². The van der Waals surface area contributed by atoms with Crippen LogP contribution in [-0.4, -0.2) is 4.57 Å². The van der Waals surface area contributed by atoms with Gasteiger partial charge in [0.05, 0.1) is 18.0 Å². The van der Waals surface area contributed by atoms with Gasteiger partial charge in [-0.15, -0.1) is 0 Å². The van der Waals surface area contributed by atoms with E-state index >= 15 is 0 Å². The van der Waals surface area contributed by atoms with Crippen molar-refractivity contribution in [2.45, 2.75) is 13.3 Å². The Morgan fingerprint density at radius 1 is 1.47 bits per heavy atom. The van der Waals surface area contributed by atoms with Gasteiger partial charge in [-0.3, -0.25) is 0 Å². The van der Waals surface area contributed by atoms with Gasteiger partial charge >= 0.3 is 0 Å². The molecular weight excluding hydrogens is 191 g/mol. The molecule has 0 saturated heterocycles. The van der Waals surface area contributed by atoms with Crippen LogP contribution in [0.25, 0.3) is 10.9 Å². The van der Waals surface area contributed by atoms with Gasteiger partial charge in [-0.1, -0.05) is 0 Å². The molecule has 0 spiro atoms. The normalized spacial score (nSPS) is 10.5. The number of nitrogens with zero attached hydrogens (tertiary/aromatic N) is 2. The molecule has 0 N–H and O–H groups in total. The number of rotatable bonds is 1. The number of nitriles is 1. The molecule has 0 aliphatic carbocycles. The predicted octanol–water partition coefficient (Wildman–Crippen LogP) is 2.69. The van der Waals surface area contributed by atoms with Gasteiger partial charge in [0.1, 0.15) is 5.82 Å². The van der Waals surface area contributed by atoms with Crippen molar-refractivity contribution in [1.82, 2.24) is 4.57 Å². The number of hydrogen-bond acceptors (Lipinski definition) is 1. The van der Waals surface area contributed by atoms with Crippen LogP contribution in [-0.2, 0) is 13.5 Å². The first-order chi connectivity index (χ1) is 7.13. The Hall–Kier alpha value is -1.82. The molecule has 2 nitrogen and oxygen atoms in total. The average Bonchev–Trinajstić information content (AvgIpc) is 2.43. The fraction of sp³-hybridized carbons (Fsp3) is 0.250. The van der Waals surface area contributed by atoms with Crippen LogP contribution in [0, 0.1) is 24.1 Å². The fourth-order valence-corrected chi connectivity index (χ4v) is 1.93. The monoisotopic (exact) mass is 202 g/mol. The van der Waals surface area contributed by atoms with E-state index in [1.807, 2.05) is 32.3 Å². The molecule has 1 aromatic heterocycles. The highest BCUT2D eigenvalue weighted by Gasteiger charge is 2.09. The Balaban J connectivity index is 2.77. The van der Waals surface area contributed by atoms with Crippen LogP contribution in [0.15, 0.2) is 18.3 Å². The first kappa shape index (κ1) is 9.72. The molecule has 0 radical (unpaired) electrons. The van der Waals surface area contributed by atoms with Crippen molar-refractivity contribution in [2.24, 2.45) is 7.05 Å². The fourth-order valence-electron chi connectivity index (χ4n) is 1.93. The SMILES string of the molecule is Cc1cn(C)c2c(F)cc(CC#N)cc12. The van der Waals surface area contributed by atoms with Gasteiger partial charge < -0.3 is 4.57 Å². The molecule has 0 fully saturated rings. The molecule has 3 heteroatoms. The summed E-state index contributed by atoms with van der Waals surface area (Å²) in [5.41, 5.74) is 2.37. The smallest absolute Gasteiger partial charge is 0.147 e. The number of aromatic nitrogens is 1. The van der Waals surface area contributed by atoms with Crippen LogP contribution in [0.3, 0.4) is 0 Å². The molecule has 0 bridgehead atoms. The zero-order valence-electron chi connectivity index (χ0n) is 8.71. The second-order valence-electron chi connectivity index (χ2n) is 3.73. The van der Waals surface area contributed by atoms with E-state index in [0.717, 1.165) is 16.5 Å². The lowest BCUT2D eigenvalue weighted by atomic mass is 10.1. The molecule has 1 heterocycles. The van der Waals surface area contributed by atoms with Crippen LogP contribution in [0.4, 0.5) is 4.39 Å². The quantitative estimate of drug-likeness (QED) is 0.698. The molecule has 0 atom stereocenters. The van der Waals surface area contributed by atoms with Gasteiger partial charge in [-0.2, -0.15) is 5.26 Å². The van der Waals surface area contributed by atoms with E-state index in [1.165, 1.54) is 6.07 Å². The summed E-state index contributed by atoms with van der Waals surface area (Å²) in [4.78, 5) is 0. The lowest BCUT2D eigenvalue weighted by Crippen LogP contribution is -1.90. The van der Waals surface area contributed by atoms with Gasteiger partial charge in [0, 0.05) is 18.6 Å². The van der Waals surface area contributed by atoms with Crippen molar-refractivity contribution in [3.8, 4) is 6.07 Å². The molecule has 1 aromatic carbocycles. The summed E-state index contributed by atoms with van der Waals surface area (Å²) in [6, 6.07) is 5.35. The average molecular weight is 202 g/mol. The minimum atomic E-state index is -0.256. The lowest BCUT2D eigenvalue weighted by Gasteiger charge is -2.01. The van der Waals surface area contributed by atoms with Gasteiger partial charge in [-0.05, 0) is 30.2 Å². The standard InChI is InChI=1S/C12H11FN2/c1-8-7-15(2)12-10(8)5-9(3-4-14)6-11(12)13/h5-7H,3H2,1-2H3. The van der Waals surface area contributed by atoms with Crippen LogP contribution in [0.1, 0.15) is 11.1 Å². The minimum absolute atomic E-state index is 0.251. The second-order valence-corrected chi connectivity index (χ2v) is 3.73. The Morgan fingerprint density at radius 3 is 2.87 bits per heavy atom. The Morgan fingerprint density at radius 2 is 2.20 bits per heavy atom. The summed E-state index contributed by atoms with van der Waals surface area (Å²) in [6.07, 6.45) is 2.14. The Bertz CT molecular complexity index is 561. The molecule has 0 aliphatic rings. The highest BCUT2D eigenvalue weighted by atomic mass is 19.1. The van der Waals surface area contributed by atoms with E-state index in [1.54, 1.807) is 4.57 Å². The number of fused-ring (bicyclic) bond motifs is 1. The molecular formula is C12H11FN2. The first-order valence-corrected chi connectivity index (χ1v) is 4.74. The maximum absolute atomic E-state index is 13.7. The third-order valence-corrected chi connectivity index (χ3v) is 2.57. The molecule has 0 amide bonds. The van der Waals surface area contributed by atoms with Crippen molar-refractivity contribution in [1.29, 1.82) is 5.26 Å². The van der Waals surface area contributed by atoms with E-state index in [2.05, 4.69) is 0 Å². The van der Waals surface area contributed by atoms with Crippen molar-refractivity contribution in [3.63, 3.8) is 0 Å². The van der Waals surface area contributed by atoms with Gasteiger partial charge in [0.15, 0.2) is 0 Å². The number of halogens is 1. The molecule has 2 rings (SSSR count). The Kier molecular flexibility index (Phi) is 2.20. The summed E-state index contributed by atoms with van der Waals surface area (Å²) in [7, 11) is 1.82. The summed E-state index contributed by atoms with van der Waals surface area (Å²) in [5.74, 6) is -0.256. The number of hydrogen-bond donors (Lipinski definition) is 0. The maximum Gasteiger partial charge on any atom is 0.147 e. The number of aryl methyl sites for hydroxylation is 2. The van der Waals surface area contributed by atoms with Gasteiger partial charge in [0.25, 0.3) is 0 Å². The number of benzene rings is 1. The van der Waals surface area contributed by atoms with E-state index in [4.69, 9.17) is 5.26 Å². The maximum atomic E-state index is 13.7. The molecule has 76 valence electrons. The van der Waals surface area contributed by atoms with Crippen molar-refractivity contribution in [2.75, 3.05) is 0 Å². The molecule has 0 saturated carbocycles. The van der Waals surface area contributed by atoms with E-state index < -0.39 is 0 Å². The minimum Gasteiger partial charge on any atom is -0.348 e. The third kappa shape index (κ3) is 1.48. The summed E-state index contributed by atoms with van der Waals surface area (Å²) >= 11 is 0. The summed E-state index contributed by atoms with van der Waals surface area (Å²) in [5, 5.41) is 9.47. The molecule has 2 aromatic rings. The van der Waals surface area contributed by atoms with Crippen LogP contribution in [0.5, 0.6) is 0 Å². The van der Waals surface area contributed by atoms with Crippen molar-refractivity contribution in [3.05, 3.63) is 35.3 Å². The van der Waals surface area contributed by atoms with Crippen LogP contribution in [0.2, 0.25) is 0 Å². The van der Waals surface area contributed by atoms with Gasteiger partial charge in [0.2, 0.25) is 0 Å². The Labute approximate surface area is 87.6 Å². The van der Waals surface area contributed by atoms with Crippen molar-refractivity contribution >= 4 is 10.9 Å². The zero-order valence-corrected chi connectivity index (χ0v) is 8.71. The lowest BCUT2D eigenvalue weighted by molar-refractivity contribution is 0.630. The van der Waals surface area contributed by atoms with Gasteiger partial charge in [-0.25, -0.2) is 4.39 Å². The summed E-state index contributed by atoms with van der Waals surface area (Å²) < 4.78 is 15.5. The zero-order chi connectivity index (χ0) is 11.0. The predicted molar refractivity (Wildman–Crippen MR) is 56.9 cm³/mol. The van der Waals surface area contributed by atoms with E-state index in [0.29, 0.717) is 5.52 Å². The van der Waals surface area contributed by atoms with Crippen LogP contribution < -0.4 is 0 Å². The third-order valence-electron chi connectivity index (χ3n) is 2.57.